The van der Waals surface area contributed by atoms with E-state index in [9.17, 15) is 4.79 Å². The van der Waals surface area contributed by atoms with Gasteiger partial charge in [-0.1, -0.05) is 0 Å². The number of piperazine rings is 1. The maximum atomic E-state index is 10.9. The average molecular weight is 266 g/mol. The van der Waals surface area contributed by atoms with E-state index in [4.69, 9.17) is 9.84 Å². The third-order valence-electron chi connectivity index (χ3n) is 3.35. The zero-order valence-electron chi connectivity index (χ0n) is 11.1. The number of aromatic nitrogens is 2. The Morgan fingerprint density at radius 2 is 2.05 bits per heavy atom. The number of ether oxygens (including phenoxy) is 1. The second kappa shape index (κ2) is 5.83. The summed E-state index contributed by atoms with van der Waals surface area (Å²) in [7, 11) is 1.56. The molecule has 7 nitrogen and oxygen atoms in total. The molecule has 1 aromatic heterocycles. The van der Waals surface area contributed by atoms with Crippen molar-refractivity contribution in [3.05, 3.63) is 12.4 Å². The van der Waals surface area contributed by atoms with Crippen molar-refractivity contribution in [1.29, 1.82) is 0 Å². The zero-order chi connectivity index (χ0) is 13.8. The third-order valence-corrected chi connectivity index (χ3v) is 3.35. The van der Waals surface area contributed by atoms with Crippen LogP contribution in [-0.4, -0.2) is 65.3 Å². The van der Waals surface area contributed by atoms with Gasteiger partial charge in [0.1, 0.15) is 6.04 Å². The second-order valence-electron chi connectivity index (χ2n) is 4.46. The lowest BCUT2D eigenvalue weighted by molar-refractivity contribution is -0.142. The van der Waals surface area contributed by atoms with Crippen LogP contribution in [0.2, 0.25) is 0 Å². The molecule has 7 heteroatoms. The molecule has 1 unspecified atom stereocenters. The van der Waals surface area contributed by atoms with E-state index in [1.807, 2.05) is 4.90 Å². The fourth-order valence-corrected chi connectivity index (χ4v) is 2.08. The highest BCUT2D eigenvalue weighted by atomic mass is 16.5. The van der Waals surface area contributed by atoms with Crippen molar-refractivity contribution in [2.75, 3.05) is 38.2 Å². The fourth-order valence-electron chi connectivity index (χ4n) is 2.08. The normalized spacial score (nSPS) is 18.1. The third kappa shape index (κ3) is 3.11. The van der Waals surface area contributed by atoms with Crippen LogP contribution in [-0.2, 0) is 4.79 Å². The predicted octanol–water partition coefficient (Wildman–Crippen LogP) is 0.0803. The molecule has 104 valence electrons. The van der Waals surface area contributed by atoms with Crippen LogP contribution >= 0.6 is 0 Å². The van der Waals surface area contributed by atoms with E-state index in [0.717, 1.165) is 18.9 Å². The van der Waals surface area contributed by atoms with Crippen molar-refractivity contribution in [2.24, 2.45) is 0 Å². The summed E-state index contributed by atoms with van der Waals surface area (Å²) in [6.07, 6.45) is 3.26. The Labute approximate surface area is 111 Å². The first-order chi connectivity index (χ1) is 9.11. The topological polar surface area (TPSA) is 78.8 Å². The molecule has 1 fully saturated rings. The number of methoxy groups -OCH3 is 1. The van der Waals surface area contributed by atoms with Gasteiger partial charge in [0.05, 0.1) is 19.5 Å². The van der Waals surface area contributed by atoms with Gasteiger partial charge < -0.3 is 14.7 Å². The van der Waals surface area contributed by atoms with E-state index >= 15 is 0 Å². The quantitative estimate of drug-likeness (QED) is 0.826. The molecule has 2 heterocycles. The van der Waals surface area contributed by atoms with Gasteiger partial charge in [-0.3, -0.25) is 14.7 Å². The minimum Gasteiger partial charge on any atom is -0.480 e. The maximum Gasteiger partial charge on any atom is 0.320 e. The molecule has 0 spiro atoms. The molecule has 1 N–H and O–H groups in total. The number of nitrogens with zero attached hydrogens (tertiary/aromatic N) is 4. The fraction of sp³-hybridized carbons (Fsp3) is 0.583. The number of aliphatic carboxylic acids is 1. The van der Waals surface area contributed by atoms with Crippen LogP contribution in [0, 0.1) is 0 Å². The molecule has 0 radical (unpaired) electrons. The molecule has 0 aliphatic carbocycles. The minimum atomic E-state index is -0.783. The van der Waals surface area contributed by atoms with Gasteiger partial charge in [-0.25, -0.2) is 0 Å². The van der Waals surface area contributed by atoms with Gasteiger partial charge in [0.25, 0.3) is 0 Å². The summed E-state index contributed by atoms with van der Waals surface area (Å²) in [5.74, 6) is 0.468. The van der Waals surface area contributed by atoms with Crippen LogP contribution in [0.4, 0.5) is 5.82 Å². The van der Waals surface area contributed by atoms with Crippen molar-refractivity contribution >= 4 is 11.8 Å². The van der Waals surface area contributed by atoms with E-state index < -0.39 is 12.0 Å². The van der Waals surface area contributed by atoms with Crippen molar-refractivity contribution < 1.29 is 14.6 Å². The molecule has 19 heavy (non-hydrogen) atoms. The van der Waals surface area contributed by atoms with Gasteiger partial charge in [0.15, 0.2) is 5.82 Å². The molecule has 1 aromatic rings. The molecule has 1 aliphatic heterocycles. The van der Waals surface area contributed by atoms with Crippen molar-refractivity contribution in [3.8, 4) is 5.88 Å². The summed E-state index contributed by atoms with van der Waals surface area (Å²) in [4.78, 5) is 23.4. The largest absolute Gasteiger partial charge is 0.480 e. The number of anilines is 1. The first-order valence-corrected chi connectivity index (χ1v) is 6.19. The number of hydrogen-bond acceptors (Lipinski definition) is 6. The van der Waals surface area contributed by atoms with Gasteiger partial charge in [-0.05, 0) is 6.92 Å². The van der Waals surface area contributed by atoms with E-state index in [1.165, 1.54) is 0 Å². The minimum absolute atomic E-state index is 0.446. The van der Waals surface area contributed by atoms with Crippen molar-refractivity contribution in [1.82, 2.24) is 14.9 Å². The predicted molar refractivity (Wildman–Crippen MR) is 69.5 cm³/mol. The molecule has 2 rings (SSSR count). The Morgan fingerprint density at radius 3 is 2.63 bits per heavy atom. The molecule has 1 atom stereocenters. The van der Waals surface area contributed by atoms with Crippen molar-refractivity contribution in [3.63, 3.8) is 0 Å². The van der Waals surface area contributed by atoms with Gasteiger partial charge in [-0.2, -0.15) is 4.98 Å². The highest BCUT2D eigenvalue weighted by molar-refractivity contribution is 5.72. The summed E-state index contributed by atoms with van der Waals surface area (Å²) >= 11 is 0. The van der Waals surface area contributed by atoms with Crippen LogP contribution < -0.4 is 9.64 Å². The van der Waals surface area contributed by atoms with Gasteiger partial charge in [0.2, 0.25) is 5.88 Å². The van der Waals surface area contributed by atoms with E-state index in [1.54, 1.807) is 26.4 Å². The van der Waals surface area contributed by atoms with Crippen LogP contribution in [0.1, 0.15) is 6.92 Å². The van der Waals surface area contributed by atoms with Crippen LogP contribution in [0.15, 0.2) is 12.4 Å². The monoisotopic (exact) mass is 266 g/mol. The first kappa shape index (κ1) is 13.5. The molecule has 0 saturated carbocycles. The lowest BCUT2D eigenvalue weighted by atomic mass is 10.2. The molecule has 1 saturated heterocycles. The molecular formula is C12H18N4O3. The standard InChI is InChI=1S/C12H18N4O3/c1-9(12(17)18)15-3-5-16(6-4-15)10-7-13-8-11(14-10)19-2/h7-9H,3-6H2,1-2H3,(H,17,18). The van der Waals surface area contributed by atoms with E-state index in [2.05, 4.69) is 14.9 Å². The van der Waals surface area contributed by atoms with Gasteiger partial charge in [0, 0.05) is 26.2 Å². The number of carboxylic acid groups (broad SMARTS) is 1. The zero-order valence-corrected chi connectivity index (χ0v) is 11.1. The summed E-state index contributed by atoms with van der Waals surface area (Å²) in [5.41, 5.74) is 0. The summed E-state index contributed by atoms with van der Waals surface area (Å²) < 4.78 is 5.05. The van der Waals surface area contributed by atoms with Crippen molar-refractivity contribution in [2.45, 2.75) is 13.0 Å². The Hall–Kier alpha value is -1.89. The highest BCUT2D eigenvalue weighted by Gasteiger charge is 2.25. The Balaban J connectivity index is 1.97. The number of carbonyl (C=O) groups is 1. The molecule has 0 bridgehead atoms. The van der Waals surface area contributed by atoms with E-state index in [-0.39, 0.29) is 0 Å². The Morgan fingerprint density at radius 1 is 1.37 bits per heavy atom. The van der Waals surface area contributed by atoms with Gasteiger partial charge in [-0.15, -0.1) is 0 Å². The van der Waals surface area contributed by atoms with Crippen LogP contribution in [0.3, 0.4) is 0 Å². The summed E-state index contributed by atoms with van der Waals surface area (Å²) in [5, 5.41) is 8.99. The highest BCUT2D eigenvalue weighted by Crippen LogP contribution is 2.16. The average Bonchev–Trinajstić information content (AvgIpc) is 2.46. The second-order valence-corrected chi connectivity index (χ2v) is 4.46. The van der Waals surface area contributed by atoms with E-state index in [0.29, 0.717) is 19.0 Å². The molecule has 0 aromatic carbocycles. The number of carboxylic acids is 1. The van der Waals surface area contributed by atoms with Gasteiger partial charge >= 0.3 is 5.97 Å². The molecule has 1 aliphatic rings. The number of hydrogen-bond donors (Lipinski definition) is 1. The maximum absolute atomic E-state index is 10.9. The van der Waals surface area contributed by atoms with Crippen LogP contribution in [0.25, 0.3) is 0 Å². The smallest absolute Gasteiger partial charge is 0.320 e. The summed E-state index contributed by atoms with van der Waals surface area (Å²) in [6, 6.07) is -0.446. The first-order valence-electron chi connectivity index (χ1n) is 6.19. The Kier molecular flexibility index (Phi) is 4.16. The number of rotatable bonds is 4. The SMILES string of the molecule is COc1cncc(N2CCN(C(C)C(=O)O)CC2)n1. The lowest BCUT2D eigenvalue weighted by Crippen LogP contribution is -2.52. The Bertz CT molecular complexity index is 446. The molecular weight excluding hydrogens is 248 g/mol. The lowest BCUT2D eigenvalue weighted by Gasteiger charge is -2.36. The van der Waals surface area contributed by atoms with Crippen LogP contribution in [0.5, 0.6) is 5.88 Å². The molecule has 0 amide bonds. The summed E-state index contributed by atoms with van der Waals surface area (Å²) in [6.45, 7) is 4.58.